The van der Waals surface area contributed by atoms with Crippen LogP contribution in [-0.4, -0.2) is 19.1 Å². The van der Waals surface area contributed by atoms with Gasteiger partial charge >= 0.3 is 0 Å². The quantitative estimate of drug-likeness (QED) is 0.334. The molecule has 2 rings (SSSR count). The fraction of sp³-hybridized carbons (Fsp3) is 0.520. The van der Waals surface area contributed by atoms with Crippen LogP contribution < -0.4 is 5.32 Å². The number of nitrogens with one attached hydrogen (secondary N) is 1. The van der Waals surface area contributed by atoms with E-state index in [1.807, 2.05) is 0 Å². The number of alkyl halides is 2. The first kappa shape index (κ1) is 23.4. The van der Waals surface area contributed by atoms with Crippen molar-refractivity contribution in [2.45, 2.75) is 77.5 Å². The van der Waals surface area contributed by atoms with Gasteiger partial charge < -0.3 is 5.32 Å². The molecule has 1 atom stereocenters. The Labute approximate surface area is 176 Å². The van der Waals surface area contributed by atoms with Crippen LogP contribution in [0, 0.1) is 5.92 Å². The van der Waals surface area contributed by atoms with Gasteiger partial charge in [0.15, 0.2) is 7.28 Å². The number of rotatable bonds is 11. The van der Waals surface area contributed by atoms with E-state index in [0.717, 1.165) is 52.6 Å². The summed E-state index contributed by atoms with van der Waals surface area (Å²) >= 11 is 0. The van der Waals surface area contributed by atoms with Crippen LogP contribution in [0.2, 0.25) is 0 Å². The van der Waals surface area contributed by atoms with Crippen molar-refractivity contribution in [1.82, 2.24) is 5.32 Å². The molecule has 0 spiro atoms. The van der Waals surface area contributed by atoms with Crippen LogP contribution in [0.3, 0.4) is 0 Å². The maximum atomic E-state index is 13.2. The predicted molar refractivity (Wildman–Crippen MR) is 124 cm³/mol. The van der Waals surface area contributed by atoms with E-state index >= 15 is 0 Å². The summed E-state index contributed by atoms with van der Waals surface area (Å²) in [5, 5.41) is 3.22. The third-order valence-electron chi connectivity index (χ3n) is 5.50. The second-order valence-electron chi connectivity index (χ2n) is 9.18. The second-order valence-corrected chi connectivity index (χ2v) is 9.18. The van der Waals surface area contributed by atoms with Gasteiger partial charge in [-0.2, -0.15) is 0 Å². The third kappa shape index (κ3) is 7.83. The minimum absolute atomic E-state index is 0.167. The average molecular weight is 399 g/mol. The van der Waals surface area contributed by atoms with Crippen molar-refractivity contribution in [3.05, 3.63) is 65.9 Å². The van der Waals surface area contributed by atoms with Crippen molar-refractivity contribution in [2.75, 3.05) is 0 Å². The number of hydrogen-bond donors (Lipinski definition) is 1. The van der Waals surface area contributed by atoms with Crippen molar-refractivity contribution in [3.63, 3.8) is 0 Å². The molecule has 1 unspecified atom stereocenters. The third-order valence-corrected chi connectivity index (χ3v) is 5.50. The molecule has 1 aromatic carbocycles. The lowest BCUT2D eigenvalue weighted by molar-refractivity contribution is 0.0211. The number of halogens is 2. The van der Waals surface area contributed by atoms with Gasteiger partial charge in [-0.1, -0.05) is 57.4 Å². The summed E-state index contributed by atoms with van der Waals surface area (Å²) in [6.45, 7) is 17.7. The first-order chi connectivity index (χ1) is 13.5. The summed E-state index contributed by atoms with van der Waals surface area (Å²) in [6, 6.07) is 6.42. The van der Waals surface area contributed by atoms with E-state index < -0.39 is 5.92 Å². The fourth-order valence-electron chi connectivity index (χ4n) is 4.34. The Morgan fingerprint density at radius 1 is 1.24 bits per heavy atom. The van der Waals surface area contributed by atoms with Crippen molar-refractivity contribution in [3.8, 4) is 0 Å². The second kappa shape index (κ2) is 10.3. The normalized spacial score (nSPS) is 16.1. The molecule has 1 N–H and O–H groups in total. The lowest BCUT2D eigenvalue weighted by Crippen LogP contribution is -2.41. The van der Waals surface area contributed by atoms with Gasteiger partial charge in [0, 0.05) is 11.6 Å². The first-order valence-corrected chi connectivity index (χ1v) is 10.8. The van der Waals surface area contributed by atoms with Crippen LogP contribution in [0.1, 0.15) is 69.6 Å². The predicted octanol–water partition coefficient (Wildman–Crippen LogP) is 6.44. The number of allylic oxidation sites excluding steroid dienone is 3. The van der Waals surface area contributed by atoms with Gasteiger partial charge in [0.1, 0.15) is 0 Å². The highest BCUT2D eigenvalue weighted by atomic mass is 19.3. The highest BCUT2D eigenvalue weighted by Crippen LogP contribution is 2.30. The Kier molecular flexibility index (Phi) is 8.30. The Balaban J connectivity index is 1.93. The summed E-state index contributed by atoms with van der Waals surface area (Å²) in [6.07, 6.45) is 5.70. The summed E-state index contributed by atoms with van der Waals surface area (Å²) < 4.78 is 26.4. The van der Waals surface area contributed by atoms with E-state index in [9.17, 15) is 8.78 Å². The number of hydrogen-bond acceptors (Lipinski definition) is 1. The minimum atomic E-state index is -2.72. The molecular formula is C25H36BF2N. The van der Waals surface area contributed by atoms with Gasteiger partial charge in [0.25, 0.3) is 5.92 Å². The van der Waals surface area contributed by atoms with Crippen molar-refractivity contribution < 1.29 is 8.78 Å². The Morgan fingerprint density at radius 2 is 1.97 bits per heavy atom. The Morgan fingerprint density at radius 3 is 2.62 bits per heavy atom. The zero-order valence-corrected chi connectivity index (χ0v) is 18.4. The SMILES string of the molecule is C=C(CCCC(=C)c1cccc2c1CBC(NC(=C)CC(C)(F)F)C2)CC(C)C. The van der Waals surface area contributed by atoms with Crippen LogP contribution in [0.25, 0.3) is 5.57 Å². The molecule has 1 nitrogen and oxygen atoms in total. The summed E-state index contributed by atoms with van der Waals surface area (Å²) in [5.74, 6) is -1.89. The van der Waals surface area contributed by atoms with E-state index in [4.69, 9.17) is 0 Å². The molecular weight excluding hydrogens is 363 g/mol. The van der Waals surface area contributed by atoms with E-state index in [2.05, 4.69) is 57.1 Å². The molecule has 0 bridgehead atoms. The zero-order chi connectivity index (χ0) is 21.6. The molecule has 0 saturated heterocycles. The average Bonchev–Trinajstić information content (AvgIpc) is 2.58. The van der Waals surface area contributed by atoms with Gasteiger partial charge in [-0.25, -0.2) is 8.78 Å². The maximum Gasteiger partial charge on any atom is 0.250 e. The highest BCUT2D eigenvalue weighted by molar-refractivity contribution is 6.38. The number of fused-ring (bicyclic) bond motifs is 1. The van der Waals surface area contributed by atoms with Gasteiger partial charge in [-0.15, -0.1) is 0 Å². The Hall–Kier alpha value is -1.84. The maximum absolute atomic E-state index is 13.2. The zero-order valence-electron chi connectivity index (χ0n) is 18.4. The first-order valence-electron chi connectivity index (χ1n) is 10.8. The molecule has 29 heavy (non-hydrogen) atoms. The summed E-state index contributed by atoms with van der Waals surface area (Å²) in [4.78, 5) is 0. The standard InChI is InChI=1S/C25H36BF2N/c1-17(2)13-18(3)9-7-10-19(4)22-12-8-11-21-14-24(26-16-23(21)22)29-20(5)15-25(6,27)28/h8,11-12,17,24,26,29H,3-5,7,9-10,13-16H2,1-2,6H3. The van der Waals surface area contributed by atoms with E-state index in [1.165, 1.54) is 27.8 Å². The lowest BCUT2D eigenvalue weighted by atomic mass is 9.57. The molecule has 0 aromatic heterocycles. The van der Waals surface area contributed by atoms with E-state index in [0.29, 0.717) is 11.6 Å². The molecule has 1 aliphatic heterocycles. The molecule has 0 amide bonds. The molecule has 158 valence electrons. The van der Waals surface area contributed by atoms with Gasteiger partial charge in [-0.3, -0.25) is 0 Å². The molecule has 0 aliphatic carbocycles. The van der Waals surface area contributed by atoms with E-state index in [1.54, 1.807) is 0 Å². The van der Waals surface area contributed by atoms with Crippen molar-refractivity contribution in [1.29, 1.82) is 0 Å². The molecule has 0 saturated carbocycles. The topological polar surface area (TPSA) is 12.0 Å². The van der Waals surface area contributed by atoms with Gasteiger partial charge in [-0.05, 0) is 73.5 Å². The van der Waals surface area contributed by atoms with Crippen LogP contribution >= 0.6 is 0 Å². The Bertz CT molecular complexity index is 746. The van der Waals surface area contributed by atoms with Gasteiger partial charge in [0.05, 0.1) is 6.42 Å². The van der Waals surface area contributed by atoms with Gasteiger partial charge in [0.2, 0.25) is 0 Å². The number of benzene rings is 1. The molecule has 1 aliphatic rings. The molecule has 0 fully saturated rings. The van der Waals surface area contributed by atoms with Crippen LogP contribution in [0.4, 0.5) is 8.78 Å². The van der Waals surface area contributed by atoms with Crippen LogP contribution in [-0.2, 0) is 12.7 Å². The van der Waals surface area contributed by atoms with Crippen LogP contribution in [0.15, 0.2) is 49.2 Å². The molecule has 0 radical (unpaired) electrons. The molecule has 1 aromatic rings. The molecule has 4 heteroatoms. The molecule has 1 heterocycles. The minimum Gasteiger partial charge on any atom is -0.393 e. The summed E-state index contributed by atoms with van der Waals surface area (Å²) in [7, 11) is 0.927. The summed E-state index contributed by atoms with van der Waals surface area (Å²) in [5.41, 5.74) is 6.90. The van der Waals surface area contributed by atoms with E-state index in [-0.39, 0.29) is 12.4 Å². The smallest absolute Gasteiger partial charge is 0.250 e. The largest absolute Gasteiger partial charge is 0.393 e. The van der Waals surface area contributed by atoms with Crippen molar-refractivity contribution in [2.24, 2.45) is 5.92 Å². The fourth-order valence-corrected chi connectivity index (χ4v) is 4.34. The lowest BCUT2D eigenvalue weighted by Gasteiger charge is -2.29. The monoisotopic (exact) mass is 399 g/mol. The van der Waals surface area contributed by atoms with Crippen molar-refractivity contribution >= 4 is 12.9 Å². The van der Waals surface area contributed by atoms with Crippen LogP contribution in [0.5, 0.6) is 0 Å². The highest BCUT2D eigenvalue weighted by Gasteiger charge is 2.26.